The number of hydrogen-bond donors (Lipinski definition) is 0. The van der Waals surface area contributed by atoms with Gasteiger partial charge in [-0.15, -0.1) is 0 Å². The van der Waals surface area contributed by atoms with Gasteiger partial charge in [-0.05, 0) is 101 Å². The quantitative estimate of drug-likeness (QED) is 0.177. The molecule has 9 aromatic carbocycles. The predicted molar refractivity (Wildman–Crippen MR) is 208 cm³/mol. The minimum absolute atomic E-state index is 0.0471. The number of fused-ring (bicyclic) bond motifs is 6. The summed E-state index contributed by atoms with van der Waals surface area (Å²) in [6.45, 7) is 0. The van der Waals surface area contributed by atoms with Crippen LogP contribution >= 0.6 is 0 Å². The van der Waals surface area contributed by atoms with Gasteiger partial charge in [-0.1, -0.05) is 158 Å². The van der Waals surface area contributed by atoms with Crippen molar-refractivity contribution < 1.29 is 9.90 Å². The summed E-state index contributed by atoms with van der Waals surface area (Å²) >= 11 is 0. The molecule has 0 radical (unpaired) electrons. The van der Waals surface area contributed by atoms with Crippen LogP contribution in [-0.2, 0) is 0 Å². The normalized spacial score (nSPS) is 12.8. The Hall–Kier alpha value is -6.44. The van der Waals surface area contributed by atoms with Crippen molar-refractivity contribution in [1.82, 2.24) is 0 Å². The summed E-state index contributed by atoms with van der Waals surface area (Å²) in [6, 6.07) is 52.6. The van der Waals surface area contributed by atoms with Gasteiger partial charge in [-0.25, -0.2) is 0 Å². The smallest absolute Gasteiger partial charge is 0.136 e. The molecule has 0 bridgehead atoms. The summed E-state index contributed by atoms with van der Waals surface area (Å²) < 4.78 is 44.2. The molecule has 10 aromatic rings. The molecule has 0 saturated carbocycles. The standard InChI is InChI=1S/C48H30O/c1-2-14-32(15-3-1)46-39-20-6-8-22-41(39)47(42-23-9-7-21-40(42)46)35-18-10-17-33(29-35)38-25-12-26-45-48(38)43-30-34(27-28-44(43)49-45)37-24-11-16-31-13-4-5-19-36(31)37/h1-30H/i10D,17D,18D,29D. The zero-order valence-electron chi connectivity index (χ0n) is 30.4. The molecule has 49 heavy (non-hydrogen) atoms. The molecular formula is C48H30O. The molecule has 0 aliphatic carbocycles. The van der Waals surface area contributed by atoms with Gasteiger partial charge in [0.15, 0.2) is 0 Å². The maximum atomic E-state index is 9.92. The van der Waals surface area contributed by atoms with Crippen LogP contribution in [0.5, 0.6) is 0 Å². The topological polar surface area (TPSA) is 13.1 Å². The van der Waals surface area contributed by atoms with Crippen LogP contribution in [0, 0.1) is 0 Å². The summed E-state index contributed by atoms with van der Waals surface area (Å²) in [5, 5.41) is 7.73. The molecule has 0 N–H and O–H groups in total. The molecule has 0 amide bonds. The lowest BCUT2D eigenvalue weighted by Gasteiger charge is -2.18. The van der Waals surface area contributed by atoms with Gasteiger partial charge >= 0.3 is 0 Å². The second-order valence-corrected chi connectivity index (χ2v) is 12.5. The molecule has 1 heterocycles. The average Bonchev–Trinajstić information content (AvgIpc) is 3.59. The van der Waals surface area contributed by atoms with Gasteiger partial charge in [0, 0.05) is 10.8 Å². The Balaban J connectivity index is 1.28. The van der Waals surface area contributed by atoms with E-state index in [4.69, 9.17) is 4.42 Å². The average molecular weight is 627 g/mol. The van der Waals surface area contributed by atoms with Crippen LogP contribution in [0.2, 0.25) is 0 Å². The SMILES string of the molecule is [2H]c1c([2H])c(-c2c3ccccc3c(-c3ccccc3)c3ccccc23)c([2H])c(-c2cccc3oc4ccc(-c5cccc6ccccc56)cc4c23)c1[2H]. The number of furan rings is 1. The third-order valence-corrected chi connectivity index (χ3v) is 9.73. The van der Waals surface area contributed by atoms with Crippen molar-refractivity contribution in [3.05, 3.63) is 182 Å². The first-order valence-electron chi connectivity index (χ1n) is 18.5. The fourth-order valence-corrected chi connectivity index (χ4v) is 7.60. The second-order valence-electron chi connectivity index (χ2n) is 12.5. The maximum Gasteiger partial charge on any atom is 0.136 e. The zero-order valence-corrected chi connectivity index (χ0v) is 26.4. The molecular weight excluding hydrogens is 593 g/mol. The first kappa shape index (κ1) is 23.8. The fraction of sp³-hybridized carbons (Fsp3) is 0. The predicted octanol–water partition coefficient (Wildman–Crippen LogP) is 13.7. The Morgan fingerprint density at radius 3 is 1.73 bits per heavy atom. The number of benzene rings is 9. The van der Waals surface area contributed by atoms with Crippen molar-refractivity contribution in [2.45, 2.75) is 0 Å². The fourth-order valence-electron chi connectivity index (χ4n) is 7.60. The molecule has 1 heteroatoms. The minimum Gasteiger partial charge on any atom is -0.456 e. The molecule has 0 unspecified atom stereocenters. The van der Waals surface area contributed by atoms with Gasteiger partial charge in [0.05, 0.1) is 5.48 Å². The Morgan fingerprint density at radius 2 is 0.980 bits per heavy atom. The molecule has 10 rings (SSSR count). The highest BCUT2D eigenvalue weighted by Crippen LogP contribution is 2.45. The van der Waals surface area contributed by atoms with Gasteiger partial charge in [-0.3, -0.25) is 0 Å². The minimum atomic E-state index is -0.215. The summed E-state index contributed by atoms with van der Waals surface area (Å²) in [5.41, 5.74) is 7.64. The van der Waals surface area contributed by atoms with Gasteiger partial charge in [0.1, 0.15) is 11.2 Å². The third-order valence-electron chi connectivity index (χ3n) is 9.73. The van der Waals surface area contributed by atoms with Crippen LogP contribution in [0.25, 0.3) is 98.8 Å². The summed E-state index contributed by atoms with van der Waals surface area (Å²) in [5.74, 6) is 0. The Bertz CT molecular complexity index is 3040. The first-order valence-corrected chi connectivity index (χ1v) is 16.5. The second kappa shape index (κ2) is 11.1. The van der Waals surface area contributed by atoms with Crippen molar-refractivity contribution in [3.8, 4) is 44.5 Å². The van der Waals surface area contributed by atoms with Crippen molar-refractivity contribution in [1.29, 1.82) is 0 Å². The van der Waals surface area contributed by atoms with E-state index in [9.17, 15) is 5.48 Å². The van der Waals surface area contributed by atoms with Gasteiger partial charge in [0.25, 0.3) is 0 Å². The van der Waals surface area contributed by atoms with Gasteiger partial charge < -0.3 is 4.42 Å². The first-order chi connectivity index (χ1) is 26.0. The van der Waals surface area contributed by atoms with Crippen LogP contribution in [-0.4, -0.2) is 0 Å². The summed E-state index contributed by atoms with van der Waals surface area (Å²) in [7, 11) is 0. The molecule has 0 atom stereocenters. The van der Waals surface area contributed by atoms with Crippen LogP contribution in [0.15, 0.2) is 186 Å². The molecule has 0 aliphatic rings. The Morgan fingerprint density at radius 1 is 0.388 bits per heavy atom. The van der Waals surface area contributed by atoms with Crippen molar-refractivity contribution in [2.75, 3.05) is 0 Å². The van der Waals surface area contributed by atoms with E-state index in [2.05, 4.69) is 72.8 Å². The molecule has 0 saturated heterocycles. The lowest BCUT2D eigenvalue weighted by Crippen LogP contribution is -1.91. The third kappa shape index (κ3) is 4.40. The largest absolute Gasteiger partial charge is 0.456 e. The highest BCUT2D eigenvalue weighted by molar-refractivity contribution is 6.22. The lowest BCUT2D eigenvalue weighted by atomic mass is 9.85. The molecule has 0 spiro atoms. The van der Waals surface area contributed by atoms with E-state index in [0.717, 1.165) is 70.9 Å². The van der Waals surface area contributed by atoms with E-state index < -0.39 is 0 Å². The lowest BCUT2D eigenvalue weighted by molar-refractivity contribution is 0.669. The summed E-state index contributed by atoms with van der Waals surface area (Å²) in [6.07, 6.45) is 0. The van der Waals surface area contributed by atoms with E-state index >= 15 is 0 Å². The number of hydrogen-bond acceptors (Lipinski definition) is 1. The van der Waals surface area contributed by atoms with Gasteiger partial charge in [-0.2, -0.15) is 0 Å². The Labute approximate surface area is 289 Å². The van der Waals surface area contributed by atoms with Crippen LogP contribution in [0.4, 0.5) is 0 Å². The zero-order chi connectivity index (χ0) is 35.8. The van der Waals surface area contributed by atoms with Crippen LogP contribution in [0.3, 0.4) is 0 Å². The van der Waals surface area contributed by atoms with Crippen molar-refractivity contribution >= 4 is 54.3 Å². The molecule has 0 fully saturated rings. The number of rotatable bonds is 4. The molecule has 1 aromatic heterocycles. The molecule has 0 aliphatic heterocycles. The van der Waals surface area contributed by atoms with Crippen LogP contribution < -0.4 is 0 Å². The molecule has 1 nitrogen and oxygen atoms in total. The highest BCUT2D eigenvalue weighted by Gasteiger charge is 2.18. The molecule has 228 valence electrons. The van der Waals surface area contributed by atoms with Crippen molar-refractivity contribution in [2.24, 2.45) is 0 Å². The van der Waals surface area contributed by atoms with Crippen LogP contribution in [0.1, 0.15) is 5.48 Å². The highest BCUT2D eigenvalue weighted by atomic mass is 16.3. The maximum absolute atomic E-state index is 9.92. The van der Waals surface area contributed by atoms with E-state index in [1.165, 1.54) is 0 Å². The van der Waals surface area contributed by atoms with Crippen molar-refractivity contribution in [3.63, 3.8) is 0 Å². The Kier molecular flexibility index (Phi) is 5.38. The summed E-state index contributed by atoms with van der Waals surface area (Å²) in [4.78, 5) is 0. The monoisotopic (exact) mass is 626 g/mol. The van der Waals surface area contributed by atoms with E-state index in [0.29, 0.717) is 27.9 Å². The van der Waals surface area contributed by atoms with E-state index in [1.807, 2.05) is 84.9 Å². The van der Waals surface area contributed by atoms with E-state index in [-0.39, 0.29) is 24.2 Å². The van der Waals surface area contributed by atoms with E-state index in [1.54, 1.807) is 0 Å². The van der Waals surface area contributed by atoms with Gasteiger partial charge in [0.2, 0.25) is 0 Å².